The van der Waals surface area contributed by atoms with Gasteiger partial charge in [-0.2, -0.15) is 0 Å². The molecule has 21 heavy (non-hydrogen) atoms. The number of carbonyl (C=O) groups is 1. The predicted molar refractivity (Wildman–Crippen MR) is 78.9 cm³/mol. The van der Waals surface area contributed by atoms with Gasteiger partial charge in [-0.3, -0.25) is 14.9 Å². The van der Waals surface area contributed by atoms with Crippen molar-refractivity contribution in [1.82, 2.24) is 0 Å². The van der Waals surface area contributed by atoms with Gasteiger partial charge in [0.25, 0.3) is 11.6 Å². The number of anilines is 1. The molecule has 108 valence electrons. The van der Waals surface area contributed by atoms with Gasteiger partial charge in [-0.15, -0.1) is 0 Å². The van der Waals surface area contributed by atoms with E-state index in [1.807, 2.05) is 0 Å². The summed E-state index contributed by atoms with van der Waals surface area (Å²) in [5.41, 5.74) is 0.979. The van der Waals surface area contributed by atoms with E-state index in [1.54, 1.807) is 6.92 Å². The molecule has 0 unspecified atom stereocenters. The number of benzene rings is 2. The third-order valence-electron chi connectivity index (χ3n) is 2.88. The zero-order valence-electron chi connectivity index (χ0n) is 11.0. The number of hydrogen-bond acceptors (Lipinski definition) is 4. The van der Waals surface area contributed by atoms with Gasteiger partial charge in [0.1, 0.15) is 5.75 Å². The van der Waals surface area contributed by atoms with Crippen LogP contribution in [0.25, 0.3) is 0 Å². The second kappa shape index (κ2) is 5.80. The van der Waals surface area contributed by atoms with Crippen molar-refractivity contribution in [2.24, 2.45) is 0 Å². The van der Waals surface area contributed by atoms with E-state index >= 15 is 0 Å². The Morgan fingerprint density at radius 3 is 2.62 bits per heavy atom. The Morgan fingerprint density at radius 1 is 1.29 bits per heavy atom. The number of rotatable bonds is 3. The molecule has 2 rings (SSSR count). The predicted octanol–water partition coefficient (Wildman–Crippen LogP) is 3.51. The highest BCUT2D eigenvalue weighted by Crippen LogP contribution is 2.27. The molecule has 2 aromatic carbocycles. The maximum Gasteiger partial charge on any atom is 0.270 e. The number of nitro benzene ring substituents is 1. The van der Waals surface area contributed by atoms with Crippen molar-refractivity contribution in [3.63, 3.8) is 0 Å². The fourth-order valence-electron chi connectivity index (χ4n) is 1.76. The average Bonchev–Trinajstić information content (AvgIpc) is 2.43. The quantitative estimate of drug-likeness (QED) is 0.670. The van der Waals surface area contributed by atoms with Gasteiger partial charge in [-0.1, -0.05) is 17.7 Å². The number of halogens is 1. The van der Waals surface area contributed by atoms with Gasteiger partial charge in [0.05, 0.1) is 9.95 Å². The maximum atomic E-state index is 12.2. The first kappa shape index (κ1) is 14.8. The molecule has 0 atom stereocenters. The molecule has 0 aliphatic carbocycles. The first-order chi connectivity index (χ1) is 9.88. The van der Waals surface area contributed by atoms with Crippen molar-refractivity contribution in [2.75, 3.05) is 5.32 Å². The van der Waals surface area contributed by atoms with E-state index in [1.165, 1.54) is 36.4 Å². The summed E-state index contributed by atoms with van der Waals surface area (Å²) >= 11 is 5.68. The van der Waals surface area contributed by atoms with Crippen molar-refractivity contribution < 1.29 is 14.8 Å². The lowest BCUT2D eigenvalue weighted by molar-refractivity contribution is -0.384. The molecule has 6 nitrogen and oxygen atoms in total. The molecule has 0 aliphatic heterocycles. The van der Waals surface area contributed by atoms with E-state index < -0.39 is 10.8 Å². The molecule has 0 aromatic heterocycles. The zero-order valence-corrected chi connectivity index (χ0v) is 11.7. The van der Waals surface area contributed by atoms with E-state index in [0.29, 0.717) is 11.3 Å². The minimum Gasteiger partial charge on any atom is -0.506 e. The van der Waals surface area contributed by atoms with Gasteiger partial charge in [-0.05, 0) is 24.6 Å². The van der Waals surface area contributed by atoms with Crippen LogP contribution in [0.4, 0.5) is 11.4 Å². The number of nitrogens with one attached hydrogen (secondary N) is 1. The normalized spacial score (nSPS) is 10.2. The number of nitrogens with zero attached hydrogens (tertiary/aromatic N) is 1. The number of phenols is 1. The first-order valence-electron chi connectivity index (χ1n) is 5.93. The molecular formula is C14H11ClN2O4. The van der Waals surface area contributed by atoms with Crippen LogP contribution in [0.3, 0.4) is 0 Å². The highest BCUT2D eigenvalue weighted by molar-refractivity contribution is 6.32. The third-order valence-corrected chi connectivity index (χ3v) is 3.20. The number of amides is 1. The third kappa shape index (κ3) is 3.29. The summed E-state index contributed by atoms with van der Waals surface area (Å²) in [6, 6.07) is 8.30. The zero-order chi connectivity index (χ0) is 15.6. The highest BCUT2D eigenvalue weighted by Gasteiger charge is 2.15. The SMILES string of the molecule is Cc1ccc([N+](=O)[O-])cc1C(=O)Nc1ccc(Cl)c(O)c1. The van der Waals surface area contributed by atoms with Crippen LogP contribution < -0.4 is 5.32 Å². The van der Waals surface area contributed by atoms with Crippen molar-refractivity contribution in [2.45, 2.75) is 6.92 Å². The molecule has 0 saturated heterocycles. The van der Waals surface area contributed by atoms with Crippen LogP contribution in [-0.2, 0) is 0 Å². The molecule has 1 amide bonds. The van der Waals surface area contributed by atoms with E-state index in [-0.39, 0.29) is 22.0 Å². The number of phenolic OH excluding ortho intramolecular Hbond substituents is 1. The van der Waals surface area contributed by atoms with E-state index in [2.05, 4.69) is 5.32 Å². The summed E-state index contributed by atoms with van der Waals surface area (Å²) in [7, 11) is 0. The van der Waals surface area contributed by atoms with Crippen LogP contribution in [0.1, 0.15) is 15.9 Å². The molecule has 0 bridgehead atoms. The molecule has 0 spiro atoms. The number of nitro groups is 1. The minimum absolute atomic E-state index is 0.162. The van der Waals surface area contributed by atoms with Gasteiger partial charge < -0.3 is 10.4 Å². The van der Waals surface area contributed by atoms with E-state index in [9.17, 15) is 20.0 Å². The lowest BCUT2D eigenvalue weighted by Crippen LogP contribution is -2.13. The summed E-state index contributed by atoms with van der Waals surface area (Å²) in [6.07, 6.45) is 0. The van der Waals surface area contributed by atoms with Gasteiger partial charge in [0.2, 0.25) is 0 Å². The Bertz CT molecular complexity index is 731. The van der Waals surface area contributed by atoms with Crippen molar-refractivity contribution in [3.8, 4) is 5.75 Å². The van der Waals surface area contributed by atoms with Gasteiger partial charge in [0, 0.05) is 29.4 Å². The number of carbonyl (C=O) groups excluding carboxylic acids is 1. The Morgan fingerprint density at radius 2 is 2.00 bits per heavy atom. The first-order valence-corrected chi connectivity index (χ1v) is 6.31. The second-order valence-electron chi connectivity index (χ2n) is 4.38. The Kier molecular flexibility index (Phi) is 4.09. The summed E-state index contributed by atoms with van der Waals surface area (Å²) in [5.74, 6) is -0.664. The molecule has 2 aromatic rings. The second-order valence-corrected chi connectivity index (χ2v) is 4.78. The number of hydrogen-bond donors (Lipinski definition) is 2. The lowest BCUT2D eigenvalue weighted by Gasteiger charge is -2.08. The Labute approximate surface area is 125 Å². The highest BCUT2D eigenvalue weighted by atomic mass is 35.5. The molecule has 2 N–H and O–H groups in total. The number of aryl methyl sites for hydroxylation is 1. The van der Waals surface area contributed by atoms with Crippen LogP contribution in [0.2, 0.25) is 5.02 Å². The van der Waals surface area contributed by atoms with Gasteiger partial charge in [-0.25, -0.2) is 0 Å². The van der Waals surface area contributed by atoms with Gasteiger partial charge >= 0.3 is 0 Å². The number of aromatic hydroxyl groups is 1. The largest absolute Gasteiger partial charge is 0.506 e. The van der Waals surface area contributed by atoms with Crippen LogP contribution in [0, 0.1) is 17.0 Å². The average molecular weight is 307 g/mol. The lowest BCUT2D eigenvalue weighted by atomic mass is 10.1. The molecule has 0 fully saturated rings. The van der Waals surface area contributed by atoms with E-state index in [4.69, 9.17) is 11.6 Å². The number of non-ortho nitro benzene ring substituents is 1. The smallest absolute Gasteiger partial charge is 0.270 e. The summed E-state index contributed by atoms with van der Waals surface area (Å²) in [4.78, 5) is 22.3. The fourth-order valence-corrected chi connectivity index (χ4v) is 1.87. The van der Waals surface area contributed by atoms with Crippen molar-refractivity contribution in [1.29, 1.82) is 0 Å². The molecule has 0 saturated carbocycles. The maximum absolute atomic E-state index is 12.2. The van der Waals surface area contributed by atoms with Gasteiger partial charge in [0.15, 0.2) is 0 Å². The molecule has 0 heterocycles. The van der Waals surface area contributed by atoms with Crippen LogP contribution in [-0.4, -0.2) is 15.9 Å². The van der Waals surface area contributed by atoms with Crippen LogP contribution >= 0.6 is 11.6 Å². The minimum atomic E-state index is -0.565. The monoisotopic (exact) mass is 306 g/mol. The van der Waals surface area contributed by atoms with Crippen LogP contribution in [0.5, 0.6) is 5.75 Å². The summed E-state index contributed by atoms with van der Waals surface area (Å²) in [5, 5.41) is 23.0. The van der Waals surface area contributed by atoms with Crippen molar-refractivity contribution in [3.05, 3.63) is 62.7 Å². The standard InChI is InChI=1S/C14H11ClN2O4/c1-8-2-4-10(17(20)21)7-11(8)14(19)16-9-3-5-12(15)13(18)6-9/h2-7,18H,1H3,(H,16,19). The van der Waals surface area contributed by atoms with Crippen LogP contribution in [0.15, 0.2) is 36.4 Å². The Balaban J connectivity index is 2.29. The van der Waals surface area contributed by atoms with Crippen molar-refractivity contribution >= 4 is 28.9 Å². The van der Waals surface area contributed by atoms with E-state index in [0.717, 1.165) is 0 Å². The topological polar surface area (TPSA) is 92.5 Å². The summed E-state index contributed by atoms with van der Waals surface area (Å²) < 4.78 is 0. The Hall–Kier alpha value is -2.60. The molecule has 7 heteroatoms. The molecule has 0 radical (unpaired) electrons. The molecular weight excluding hydrogens is 296 g/mol. The molecule has 0 aliphatic rings. The summed E-state index contributed by atoms with van der Waals surface area (Å²) in [6.45, 7) is 1.68. The fraction of sp³-hybridized carbons (Fsp3) is 0.0714.